The van der Waals surface area contributed by atoms with Gasteiger partial charge in [0, 0.05) is 24.2 Å². The van der Waals surface area contributed by atoms with Crippen LogP contribution >= 0.6 is 11.6 Å². The van der Waals surface area contributed by atoms with Crippen molar-refractivity contribution in [3.8, 4) is 0 Å². The second-order valence-electron chi connectivity index (χ2n) is 4.97. The lowest BCUT2D eigenvalue weighted by molar-refractivity contribution is -0.132. The average molecular weight is 316 g/mol. The van der Waals surface area contributed by atoms with Gasteiger partial charge in [0.25, 0.3) is 5.91 Å². The number of nitrogens with one attached hydrogen (secondary N) is 1. The fourth-order valence-electron chi connectivity index (χ4n) is 2.50. The summed E-state index contributed by atoms with van der Waals surface area (Å²) in [5.41, 5.74) is 3.38. The van der Waals surface area contributed by atoms with Crippen molar-refractivity contribution in [3.05, 3.63) is 65.4 Å². The number of aromatic nitrogens is 2. The molecule has 0 spiro atoms. The van der Waals surface area contributed by atoms with Crippen molar-refractivity contribution in [1.82, 2.24) is 15.0 Å². The molecule has 2 aromatic heterocycles. The topological polar surface area (TPSA) is 67.2 Å². The fraction of sp³-hybridized carbons (Fsp3) is 0.125. The normalized spacial score (nSPS) is 12.3. The maximum Gasteiger partial charge on any atom is 0.266 e. The largest absolute Gasteiger partial charge is 0.320 e. The summed E-state index contributed by atoms with van der Waals surface area (Å²) < 4.78 is 1.74. The van der Waals surface area contributed by atoms with Crippen molar-refractivity contribution in [1.29, 1.82) is 0 Å². The molecule has 22 heavy (non-hydrogen) atoms. The molecule has 3 rings (SSSR count). The van der Waals surface area contributed by atoms with Crippen molar-refractivity contribution in [3.63, 3.8) is 0 Å². The smallest absolute Gasteiger partial charge is 0.266 e. The van der Waals surface area contributed by atoms with Crippen LogP contribution in [0.15, 0.2) is 54.9 Å². The van der Waals surface area contributed by atoms with E-state index in [2.05, 4.69) is 4.98 Å². The van der Waals surface area contributed by atoms with Gasteiger partial charge in [-0.3, -0.25) is 10.0 Å². The van der Waals surface area contributed by atoms with E-state index in [1.54, 1.807) is 22.3 Å². The Kier molecular flexibility index (Phi) is 4.09. The second-order valence-corrected chi connectivity index (χ2v) is 5.41. The van der Waals surface area contributed by atoms with Crippen LogP contribution in [0.5, 0.6) is 0 Å². The standard InChI is InChI=1S/C16H14ClN3O2/c17-13-9-12-6-7-20(15(12)18-10-13)14(16(21)19-22)8-11-4-2-1-3-5-11/h1-7,9-10,14,22H,8H2,(H,19,21). The molecular formula is C16H14ClN3O2. The number of pyridine rings is 1. The van der Waals surface area contributed by atoms with E-state index >= 15 is 0 Å². The van der Waals surface area contributed by atoms with Crippen molar-refractivity contribution in [2.75, 3.05) is 0 Å². The highest BCUT2D eigenvalue weighted by Crippen LogP contribution is 2.23. The first-order valence-electron chi connectivity index (χ1n) is 6.79. The summed E-state index contributed by atoms with van der Waals surface area (Å²) in [6.45, 7) is 0. The van der Waals surface area contributed by atoms with Crippen LogP contribution in [0.25, 0.3) is 11.0 Å². The summed E-state index contributed by atoms with van der Waals surface area (Å²) in [5.74, 6) is -0.488. The molecule has 1 aromatic carbocycles. The quantitative estimate of drug-likeness (QED) is 0.574. The molecule has 6 heteroatoms. The molecule has 0 aliphatic carbocycles. The Balaban J connectivity index is 2.02. The minimum atomic E-state index is -0.599. The summed E-state index contributed by atoms with van der Waals surface area (Å²) in [7, 11) is 0. The Morgan fingerprint density at radius 1 is 1.32 bits per heavy atom. The number of benzene rings is 1. The van der Waals surface area contributed by atoms with Gasteiger partial charge in [0.05, 0.1) is 5.02 Å². The monoisotopic (exact) mass is 315 g/mol. The number of amides is 1. The zero-order valence-corrected chi connectivity index (χ0v) is 12.4. The van der Waals surface area contributed by atoms with Crippen LogP contribution in [0.3, 0.4) is 0 Å². The van der Waals surface area contributed by atoms with Crippen LogP contribution in [0.1, 0.15) is 11.6 Å². The summed E-state index contributed by atoms with van der Waals surface area (Å²) in [4.78, 5) is 16.4. The van der Waals surface area contributed by atoms with Gasteiger partial charge in [0.15, 0.2) is 0 Å². The molecule has 0 radical (unpaired) electrons. The molecule has 112 valence electrons. The number of nitrogens with zero attached hydrogens (tertiary/aromatic N) is 2. The van der Waals surface area contributed by atoms with E-state index in [4.69, 9.17) is 16.8 Å². The molecule has 2 N–H and O–H groups in total. The van der Waals surface area contributed by atoms with Gasteiger partial charge in [-0.15, -0.1) is 0 Å². The van der Waals surface area contributed by atoms with E-state index < -0.39 is 11.9 Å². The predicted octanol–water partition coefficient (Wildman–Crippen LogP) is 2.98. The lowest BCUT2D eigenvalue weighted by Gasteiger charge is -2.17. The Bertz CT molecular complexity index is 802. The molecule has 1 unspecified atom stereocenters. The van der Waals surface area contributed by atoms with E-state index in [0.29, 0.717) is 17.1 Å². The first kappa shape index (κ1) is 14.6. The molecule has 1 atom stereocenters. The van der Waals surface area contributed by atoms with E-state index in [-0.39, 0.29) is 0 Å². The van der Waals surface area contributed by atoms with Crippen LogP contribution in [-0.4, -0.2) is 20.7 Å². The molecule has 0 aliphatic heterocycles. The van der Waals surface area contributed by atoms with Gasteiger partial charge in [-0.2, -0.15) is 0 Å². The highest BCUT2D eigenvalue weighted by atomic mass is 35.5. The van der Waals surface area contributed by atoms with Crippen LogP contribution < -0.4 is 5.48 Å². The molecule has 5 nitrogen and oxygen atoms in total. The van der Waals surface area contributed by atoms with Gasteiger partial charge in [-0.1, -0.05) is 41.9 Å². The summed E-state index contributed by atoms with van der Waals surface area (Å²) >= 11 is 5.94. The van der Waals surface area contributed by atoms with E-state index in [1.807, 2.05) is 36.4 Å². The van der Waals surface area contributed by atoms with Crippen LogP contribution in [-0.2, 0) is 11.2 Å². The number of hydrogen-bond acceptors (Lipinski definition) is 3. The number of carbonyl (C=O) groups is 1. The molecule has 1 amide bonds. The highest BCUT2D eigenvalue weighted by molar-refractivity contribution is 6.31. The maximum absolute atomic E-state index is 12.1. The molecule has 0 aliphatic rings. The SMILES string of the molecule is O=C(NO)C(Cc1ccccc1)n1ccc2cc(Cl)cnc21. The van der Waals surface area contributed by atoms with Crippen molar-refractivity contribution >= 4 is 28.5 Å². The Labute approximate surface area is 132 Å². The Hall–Kier alpha value is -2.37. The third-order valence-electron chi connectivity index (χ3n) is 3.54. The summed E-state index contributed by atoms with van der Waals surface area (Å²) in [5, 5.41) is 10.4. The van der Waals surface area contributed by atoms with E-state index in [0.717, 1.165) is 10.9 Å². The number of halogens is 1. The Morgan fingerprint density at radius 3 is 2.82 bits per heavy atom. The van der Waals surface area contributed by atoms with E-state index in [9.17, 15) is 4.79 Å². The first-order valence-corrected chi connectivity index (χ1v) is 7.17. The first-order chi connectivity index (χ1) is 10.7. The van der Waals surface area contributed by atoms with Gasteiger partial charge < -0.3 is 4.57 Å². The molecular weight excluding hydrogens is 302 g/mol. The molecule has 3 aromatic rings. The predicted molar refractivity (Wildman–Crippen MR) is 83.9 cm³/mol. The van der Waals surface area contributed by atoms with E-state index in [1.165, 1.54) is 6.20 Å². The third-order valence-corrected chi connectivity index (χ3v) is 3.75. The molecule has 0 saturated carbocycles. The van der Waals surface area contributed by atoms with Crippen LogP contribution in [0.2, 0.25) is 5.02 Å². The fourth-order valence-corrected chi connectivity index (χ4v) is 2.66. The van der Waals surface area contributed by atoms with Crippen LogP contribution in [0.4, 0.5) is 0 Å². The molecule has 0 fully saturated rings. The van der Waals surface area contributed by atoms with Crippen LogP contribution in [0, 0.1) is 0 Å². The average Bonchev–Trinajstić information content (AvgIpc) is 2.95. The van der Waals surface area contributed by atoms with Gasteiger partial charge in [0.2, 0.25) is 0 Å². The van der Waals surface area contributed by atoms with Crippen molar-refractivity contribution in [2.24, 2.45) is 0 Å². The molecule has 0 bridgehead atoms. The summed E-state index contributed by atoms with van der Waals surface area (Å²) in [6.07, 6.45) is 3.76. The number of hydrogen-bond donors (Lipinski definition) is 2. The van der Waals surface area contributed by atoms with Crippen molar-refractivity contribution < 1.29 is 10.0 Å². The van der Waals surface area contributed by atoms with Gasteiger partial charge in [-0.25, -0.2) is 10.5 Å². The van der Waals surface area contributed by atoms with Gasteiger partial charge in [-0.05, 0) is 17.7 Å². The lowest BCUT2D eigenvalue weighted by Crippen LogP contribution is -2.31. The molecule has 0 saturated heterocycles. The maximum atomic E-state index is 12.1. The Morgan fingerprint density at radius 2 is 2.09 bits per heavy atom. The third kappa shape index (κ3) is 2.81. The van der Waals surface area contributed by atoms with Crippen molar-refractivity contribution in [2.45, 2.75) is 12.5 Å². The number of hydroxylamine groups is 1. The van der Waals surface area contributed by atoms with Gasteiger partial charge >= 0.3 is 0 Å². The minimum absolute atomic E-state index is 0.446. The number of fused-ring (bicyclic) bond motifs is 1. The zero-order chi connectivity index (χ0) is 15.5. The highest BCUT2D eigenvalue weighted by Gasteiger charge is 2.22. The second kappa shape index (κ2) is 6.17. The molecule has 2 heterocycles. The minimum Gasteiger partial charge on any atom is -0.320 e. The zero-order valence-electron chi connectivity index (χ0n) is 11.6. The summed E-state index contributed by atoms with van der Waals surface area (Å²) in [6, 6.07) is 12.6. The lowest BCUT2D eigenvalue weighted by atomic mass is 10.1. The van der Waals surface area contributed by atoms with Gasteiger partial charge in [0.1, 0.15) is 11.7 Å². The number of rotatable bonds is 4. The number of carbonyl (C=O) groups excluding carboxylic acids is 1.